The number of esters is 1. The summed E-state index contributed by atoms with van der Waals surface area (Å²) in [7, 11) is 1.81. The molecular formula is C30H31FN4O6. The summed E-state index contributed by atoms with van der Waals surface area (Å²) >= 11 is 0. The number of aromatic nitrogens is 2. The first-order valence-corrected chi connectivity index (χ1v) is 14.0. The average Bonchev–Trinajstić information content (AvgIpc) is 3.49. The van der Waals surface area contributed by atoms with Crippen LogP contribution in [-0.2, 0) is 39.5 Å². The Hall–Kier alpha value is -3.67. The highest BCUT2D eigenvalue weighted by Crippen LogP contribution is 2.46. The minimum absolute atomic E-state index is 0.0250. The maximum Gasteiger partial charge on any atom is 0.343 e. The zero-order valence-electron chi connectivity index (χ0n) is 23.1. The summed E-state index contributed by atoms with van der Waals surface area (Å²) in [4.78, 5) is 46.4. The highest BCUT2D eigenvalue weighted by molar-refractivity contribution is 5.94. The van der Waals surface area contributed by atoms with Crippen LogP contribution in [0, 0.1) is 12.7 Å². The number of nitrogens with zero attached hydrogens (tertiary/aromatic N) is 3. The summed E-state index contributed by atoms with van der Waals surface area (Å²) in [5, 5.41) is 25.3. The lowest BCUT2D eigenvalue weighted by Gasteiger charge is -2.31. The molecule has 3 aliphatic heterocycles. The third-order valence-corrected chi connectivity index (χ3v) is 9.52. The first-order chi connectivity index (χ1) is 19.5. The van der Waals surface area contributed by atoms with Crippen molar-refractivity contribution < 1.29 is 28.9 Å². The number of likely N-dealkylation sites (N-methyl/N-ethyl adjacent to an activating group) is 1. The molecule has 11 heteroatoms. The first kappa shape index (κ1) is 26.2. The van der Waals surface area contributed by atoms with Crippen LogP contribution in [0.2, 0.25) is 0 Å². The highest BCUT2D eigenvalue weighted by Gasteiger charge is 2.46. The van der Waals surface area contributed by atoms with Gasteiger partial charge in [-0.25, -0.2) is 14.2 Å². The summed E-state index contributed by atoms with van der Waals surface area (Å²) in [5.74, 6) is -1.37. The van der Waals surface area contributed by atoms with Crippen LogP contribution in [0.4, 0.5) is 4.39 Å². The van der Waals surface area contributed by atoms with Crippen LogP contribution in [0.3, 0.4) is 0 Å². The molecule has 4 atom stereocenters. The van der Waals surface area contributed by atoms with Crippen LogP contribution in [0.25, 0.3) is 22.3 Å². The van der Waals surface area contributed by atoms with Gasteiger partial charge in [0, 0.05) is 29.1 Å². The number of hydrogen-bond donors (Lipinski definition) is 3. The largest absolute Gasteiger partial charge is 0.458 e. The van der Waals surface area contributed by atoms with Gasteiger partial charge in [-0.15, -0.1) is 0 Å². The number of β-amino-alcohol motifs (C(OH)–C–C–N with tert-alkyl or cyclic N) is 1. The Balaban J connectivity index is 1.43. The fourth-order valence-corrected chi connectivity index (χ4v) is 7.25. The second-order valence-corrected chi connectivity index (χ2v) is 11.8. The number of hydrogen-bond acceptors (Lipinski definition) is 8. The smallest absolute Gasteiger partial charge is 0.343 e. The summed E-state index contributed by atoms with van der Waals surface area (Å²) in [6.07, 6.45) is 0.874. The standard InChI is InChI=1S/C30H31FN4O6/c1-4-30(40)18-8-22-26-16(11-35(22)28(38)17(18)12-41-29(30)39)25-20(33-27(37)23-7-14(36)10-34(23)3)6-5-15-13(2)19(31)9-21(32-26)24(15)25/h8-9,14,20,23,36,40H,4-7,10-12H2,1-3H3,(H,33,37)/t14-,20+,23+,30+/m1/s1. The first-order valence-electron chi connectivity index (χ1n) is 14.0. The molecule has 1 fully saturated rings. The average molecular weight is 563 g/mol. The van der Waals surface area contributed by atoms with Crippen molar-refractivity contribution in [3.8, 4) is 11.4 Å². The second-order valence-electron chi connectivity index (χ2n) is 11.8. The van der Waals surface area contributed by atoms with Crippen molar-refractivity contribution in [2.45, 2.75) is 76.5 Å². The number of halogens is 1. The van der Waals surface area contributed by atoms with Gasteiger partial charge in [0.1, 0.15) is 12.4 Å². The van der Waals surface area contributed by atoms with E-state index in [1.54, 1.807) is 24.5 Å². The van der Waals surface area contributed by atoms with Crippen LogP contribution < -0.4 is 10.9 Å². The Morgan fingerprint density at radius 2 is 2.05 bits per heavy atom. The van der Waals surface area contributed by atoms with E-state index < -0.39 is 29.8 Å². The topological polar surface area (TPSA) is 134 Å². The molecular weight excluding hydrogens is 531 g/mol. The van der Waals surface area contributed by atoms with Crippen LogP contribution in [0.15, 0.2) is 16.9 Å². The molecule has 2 aromatic heterocycles. The molecule has 5 heterocycles. The molecule has 0 unspecified atom stereocenters. The molecule has 0 spiro atoms. The Kier molecular flexibility index (Phi) is 5.70. The van der Waals surface area contributed by atoms with Gasteiger partial charge in [-0.2, -0.15) is 0 Å². The molecule has 1 amide bonds. The molecule has 0 bridgehead atoms. The molecule has 0 radical (unpaired) electrons. The van der Waals surface area contributed by atoms with E-state index in [9.17, 15) is 24.6 Å². The number of benzene rings is 1. The zero-order valence-corrected chi connectivity index (χ0v) is 23.1. The molecule has 41 heavy (non-hydrogen) atoms. The minimum atomic E-state index is -1.96. The molecule has 1 aromatic carbocycles. The van der Waals surface area contributed by atoms with E-state index in [4.69, 9.17) is 9.72 Å². The number of likely N-dealkylation sites (tertiary alicyclic amines) is 1. The third-order valence-electron chi connectivity index (χ3n) is 9.52. The quantitative estimate of drug-likeness (QED) is 0.322. The van der Waals surface area contributed by atoms with Crippen molar-refractivity contribution in [2.24, 2.45) is 0 Å². The lowest BCUT2D eigenvalue weighted by molar-refractivity contribution is -0.172. The molecule has 3 aromatic rings. The Morgan fingerprint density at radius 3 is 2.76 bits per heavy atom. The Bertz CT molecular complexity index is 1750. The van der Waals surface area contributed by atoms with Gasteiger partial charge in [0.2, 0.25) is 5.91 Å². The number of aliphatic hydroxyl groups is 2. The number of aryl methyl sites for hydroxylation is 1. The summed E-state index contributed by atoms with van der Waals surface area (Å²) < 4.78 is 21.8. The van der Waals surface area contributed by atoms with E-state index >= 15 is 4.39 Å². The summed E-state index contributed by atoms with van der Waals surface area (Å²) in [5.41, 5.74) is 2.35. The van der Waals surface area contributed by atoms with Gasteiger partial charge >= 0.3 is 5.97 Å². The van der Waals surface area contributed by atoms with Crippen molar-refractivity contribution in [3.63, 3.8) is 0 Å². The van der Waals surface area contributed by atoms with Gasteiger partial charge in [-0.1, -0.05) is 6.92 Å². The normalized spacial score (nSPS) is 26.5. The molecule has 214 valence electrons. The van der Waals surface area contributed by atoms with Crippen molar-refractivity contribution in [2.75, 3.05) is 13.6 Å². The maximum atomic E-state index is 15.1. The van der Waals surface area contributed by atoms with Crippen molar-refractivity contribution in [3.05, 3.63) is 61.7 Å². The molecule has 3 N–H and O–H groups in total. The van der Waals surface area contributed by atoms with Crippen LogP contribution in [0.5, 0.6) is 0 Å². The van der Waals surface area contributed by atoms with Gasteiger partial charge in [0.25, 0.3) is 5.56 Å². The summed E-state index contributed by atoms with van der Waals surface area (Å²) in [6.45, 7) is 3.74. The van der Waals surface area contributed by atoms with E-state index in [1.807, 2.05) is 11.9 Å². The Labute approximate surface area is 234 Å². The second kappa shape index (κ2) is 8.91. The van der Waals surface area contributed by atoms with Crippen molar-refractivity contribution in [1.29, 1.82) is 0 Å². The number of carbonyl (C=O) groups is 2. The number of amides is 1. The van der Waals surface area contributed by atoms with E-state index in [0.717, 1.165) is 22.1 Å². The van der Waals surface area contributed by atoms with Crippen molar-refractivity contribution >= 4 is 22.8 Å². The minimum Gasteiger partial charge on any atom is -0.458 e. The van der Waals surface area contributed by atoms with Crippen LogP contribution in [-0.4, -0.2) is 62.3 Å². The monoisotopic (exact) mass is 562 g/mol. The van der Waals surface area contributed by atoms with E-state index in [1.165, 1.54) is 6.07 Å². The molecule has 7 rings (SSSR count). The third kappa shape index (κ3) is 3.58. The number of pyridine rings is 2. The molecule has 4 aliphatic rings. The fourth-order valence-electron chi connectivity index (χ4n) is 7.25. The van der Waals surface area contributed by atoms with E-state index in [2.05, 4.69) is 5.32 Å². The number of nitrogens with one attached hydrogen (secondary N) is 1. The highest BCUT2D eigenvalue weighted by atomic mass is 19.1. The summed E-state index contributed by atoms with van der Waals surface area (Å²) in [6, 6.07) is 2.14. The van der Waals surface area contributed by atoms with Crippen LogP contribution in [0.1, 0.15) is 65.6 Å². The van der Waals surface area contributed by atoms with Gasteiger partial charge in [0.05, 0.1) is 47.2 Å². The number of cyclic esters (lactones) is 1. The Morgan fingerprint density at radius 1 is 1.27 bits per heavy atom. The van der Waals surface area contributed by atoms with Crippen LogP contribution >= 0.6 is 0 Å². The predicted molar refractivity (Wildman–Crippen MR) is 145 cm³/mol. The predicted octanol–water partition coefficient (Wildman–Crippen LogP) is 1.70. The van der Waals surface area contributed by atoms with Gasteiger partial charge < -0.3 is 24.8 Å². The fraction of sp³-hybridized carbons (Fsp3) is 0.467. The van der Waals surface area contributed by atoms with E-state index in [0.29, 0.717) is 48.3 Å². The van der Waals surface area contributed by atoms with Gasteiger partial charge in [-0.3, -0.25) is 14.5 Å². The van der Waals surface area contributed by atoms with Gasteiger partial charge in [-0.05, 0) is 62.4 Å². The number of carbonyl (C=O) groups excluding carboxylic acids is 2. The SMILES string of the molecule is CC[C@@]1(O)C(=O)OCc2c1cc1n(c2=O)Cc2c-1nc1cc(F)c(C)c3c1c2[C@@H](NC(=O)[C@@H]1C[C@@H](O)CN1C)CC3. The lowest BCUT2D eigenvalue weighted by Crippen LogP contribution is -2.44. The van der Waals surface area contributed by atoms with E-state index in [-0.39, 0.29) is 48.0 Å². The molecule has 10 nitrogen and oxygen atoms in total. The maximum absolute atomic E-state index is 15.1. The number of ether oxygens (including phenoxy) is 1. The van der Waals surface area contributed by atoms with Crippen molar-refractivity contribution in [1.82, 2.24) is 19.8 Å². The molecule has 1 saturated heterocycles. The number of fused-ring (bicyclic) bond motifs is 5. The van der Waals surface area contributed by atoms with Gasteiger partial charge in [0.15, 0.2) is 5.60 Å². The molecule has 0 saturated carbocycles. The zero-order chi connectivity index (χ0) is 29.0. The molecule has 1 aliphatic carbocycles. The lowest BCUT2D eigenvalue weighted by atomic mass is 9.81. The number of aliphatic hydroxyl groups excluding tert-OH is 1. The number of rotatable bonds is 3.